The van der Waals surface area contributed by atoms with Crippen molar-refractivity contribution in [3.8, 4) is 0 Å². The Balaban J connectivity index is 0.00000182. The molecule has 0 radical (unpaired) electrons. The van der Waals surface area contributed by atoms with E-state index < -0.39 is 45.6 Å². The van der Waals surface area contributed by atoms with E-state index in [0.717, 1.165) is 6.42 Å². The van der Waals surface area contributed by atoms with Gasteiger partial charge in [-0.15, -0.1) is 0 Å². The average Bonchev–Trinajstić information content (AvgIpc) is 2.88. The van der Waals surface area contributed by atoms with Crippen LogP contribution in [0, 0.1) is 35.0 Å². The fourth-order valence-corrected chi connectivity index (χ4v) is 6.93. The first-order chi connectivity index (χ1) is 11.7. The molecule has 3 rings (SSSR count). The van der Waals surface area contributed by atoms with Gasteiger partial charge in [0.05, 0.1) is 11.3 Å². The normalized spacial score (nSPS) is 42.7. The van der Waals surface area contributed by atoms with Gasteiger partial charge in [0.25, 0.3) is 0 Å². The summed E-state index contributed by atoms with van der Waals surface area (Å²) in [6.45, 7) is 3.78. The monoisotopic (exact) mass is 436 g/mol. The van der Waals surface area contributed by atoms with E-state index in [0.29, 0.717) is 6.42 Å². The van der Waals surface area contributed by atoms with Gasteiger partial charge in [-0.3, -0.25) is 18.0 Å². The second-order valence-electron chi connectivity index (χ2n) is 7.82. The molecule has 0 spiro atoms. The molecular formula is C16H22Na2O7S2. The number of ketones is 1. The molecule has 27 heavy (non-hydrogen) atoms. The van der Waals surface area contributed by atoms with Gasteiger partial charge < -0.3 is 13.8 Å². The summed E-state index contributed by atoms with van der Waals surface area (Å²) in [6.07, 6.45) is 0.820. The zero-order chi connectivity index (χ0) is 18.5. The topological polar surface area (TPSA) is 124 Å². The minimum Gasteiger partial charge on any atom is -0.772 e. The Bertz CT molecular complexity index is 646. The van der Waals surface area contributed by atoms with Gasteiger partial charge >= 0.3 is 65.1 Å². The summed E-state index contributed by atoms with van der Waals surface area (Å²) in [5.74, 6) is -2.42. The largest absolute Gasteiger partial charge is 1.00 e. The van der Waals surface area contributed by atoms with E-state index in [-0.39, 0.29) is 106 Å². The average molecular weight is 436 g/mol. The second-order valence-corrected chi connectivity index (χ2v) is 9.70. The summed E-state index contributed by atoms with van der Waals surface area (Å²) in [6, 6.07) is 0. The summed E-state index contributed by atoms with van der Waals surface area (Å²) in [5, 5.41) is 0. The maximum Gasteiger partial charge on any atom is 1.00 e. The molecule has 0 aromatic heterocycles. The number of rotatable bonds is 4. The molecule has 2 saturated carbocycles. The van der Waals surface area contributed by atoms with E-state index in [2.05, 4.69) is 0 Å². The minimum atomic E-state index is -2.37. The van der Waals surface area contributed by atoms with Gasteiger partial charge in [0.2, 0.25) is 0 Å². The Morgan fingerprint density at radius 2 is 1.70 bits per heavy atom. The van der Waals surface area contributed by atoms with Gasteiger partial charge in [-0.1, -0.05) is 29.1 Å². The molecule has 142 valence electrons. The number of ether oxygens (including phenoxy) is 1. The fraction of sp³-hybridized carbons (Fsp3) is 0.875. The van der Waals surface area contributed by atoms with Crippen LogP contribution in [-0.4, -0.2) is 46.9 Å². The van der Waals surface area contributed by atoms with E-state index in [1.165, 1.54) is 0 Å². The van der Waals surface area contributed by atoms with E-state index >= 15 is 0 Å². The quantitative estimate of drug-likeness (QED) is 0.245. The molecule has 3 aliphatic rings. The molecule has 0 N–H and O–H groups in total. The number of esters is 1. The number of Topliss-reactive ketones (excluding diaryl/α,β-unsaturated/α-hetero) is 1. The van der Waals surface area contributed by atoms with E-state index in [1.807, 2.05) is 6.92 Å². The standard InChI is InChI=1S/C16H24O7S2.2Na/c1-8-3-4-10-11(7-25(21)22)15(18)23-14(10)16(2)12(17)5-9(13(8)16)6-24(19)20;;/h8-11,13-14H,3-7H2,1-2H3,(H,19,20)(H,21,22);;/q;2*+1/p-2/t8-,9?,10-,11?,13+,14+,16+;;/m0../s1. The van der Waals surface area contributed by atoms with Crippen molar-refractivity contribution >= 4 is 33.9 Å². The van der Waals surface area contributed by atoms with Gasteiger partial charge in [-0.05, 0) is 37.5 Å². The molecule has 11 heteroatoms. The third-order valence-corrected chi connectivity index (χ3v) is 7.86. The molecule has 0 aromatic rings. The molecule has 9 atom stereocenters. The van der Waals surface area contributed by atoms with Crippen molar-refractivity contribution in [2.24, 2.45) is 35.0 Å². The van der Waals surface area contributed by atoms with Crippen LogP contribution >= 0.6 is 0 Å². The van der Waals surface area contributed by atoms with Gasteiger partial charge in [0, 0.05) is 23.8 Å². The van der Waals surface area contributed by atoms with Crippen LogP contribution in [0.4, 0.5) is 0 Å². The van der Waals surface area contributed by atoms with E-state index in [9.17, 15) is 27.1 Å². The van der Waals surface area contributed by atoms with Crippen LogP contribution < -0.4 is 59.1 Å². The smallest absolute Gasteiger partial charge is 0.772 e. The number of carbonyl (C=O) groups excluding carboxylic acids is 2. The molecule has 0 bridgehead atoms. The summed E-state index contributed by atoms with van der Waals surface area (Å²) in [4.78, 5) is 25.1. The van der Waals surface area contributed by atoms with Crippen molar-refractivity contribution in [2.75, 3.05) is 11.5 Å². The number of hydrogen-bond donors (Lipinski definition) is 0. The SMILES string of the molecule is C[C@H]1CC[C@H]2C(CS(=O)[O-])C(=O)O[C@H]2[C@]2(C)C(=O)CC(CS(=O)[O-])[C@@H]12.[Na+].[Na+]. The van der Waals surface area contributed by atoms with Crippen LogP contribution in [0.1, 0.15) is 33.1 Å². The van der Waals surface area contributed by atoms with Gasteiger partial charge in [-0.2, -0.15) is 0 Å². The van der Waals surface area contributed by atoms with Gasteiger partial charge in [0.15, 0.2) is 0 Å². The molecule has 2 aliphatic carbocycles. The van der Waals surface area contributed by atoms with Crippen LogP contribution in [0.5, 0.6) is 0 Å². The number of carbonyl (C=O) groups is 2. The first-order valence-corrected chi connectivity index (χ1v) is 11.0. The van der Waals surface area contributed by atoms with Crippen LogP contribution in [0.25, 0.3) is 0 Å². The molecule has 1 saturated heterocycles. The zero-order valence-corrected chi connectivity index (χ0v) is 21.8. The number of fused-ring (bicyclic) bond motifs is 3. The molecule has 0 aromatic carbocycles. The van der Waals surface area contributed by atoms with Crippen molar-refractivity contribution in [3.05, 3.63) is 0 Å². The van der Waals surface area contributed by atoms with Gasteiger partial charge in [-0.25, -0.2) is 0 Å². The maximum atomic E-state index is 12.9. The summed E-state index contributed by atoms with van der Waals surface area (Å²) >= 11 is -4.61. The van der Waals surface area contributed by atoms with Crippen LogP contribution in [-0.2, 0) is 36.5 Å². The maximum absolute atomic E-state index is 12.9. The van der Waals surface area contributed by atoms with Gasteiger partial charge in [0.1, 0.15) is 11.9 Å². The first kappa shape index (κ1) is 26.4. The molecule has 1 aliphatic heterocycles. The zero-order valence-electron chi connectivity index (χ0n) is 16.2. The Morgan fingerprint density at radius 1 is 1.11 bits per heavy atom. The van der Waals surface area contributed by atoms with E-state index in [1.54, 1.807) is 6.92 Å². The Kier molecular flexibility index (Phi) is 9.89. The molecule has 0 amide bonds. The van der Waals surface area contributed by atoms with E-state index in [4.69, 9.17) is 4.74 Å². The Labute approximate surface area is 208 Å². The molecule has 1 heterocycles. The molecule has 4 unspecified atom stereocenters. The second kappa shape index (κ2) is 10.1. The molecule has 3 fully saturated rings. The third-order valence-electron chi connectivity index (χ3n) is 6.53. The first-order valence-electron chi connectivity index (χ1n) is 8.51. The van der Waals surface area contributed by atoms with Crippen LogP contribution in [0.2, 0.25) is 0 Å². The van der Waals surface area contributed by atoms with Crippen LogP contribution in [0.15, 0.2) is 0 Å². The fourth-order valence-electron chi connectivity index (χ4n) is 5.58. The Hall–Kier alpha value is 1.36. The minimum absolute atomic E-state index is 0. The van der Waals surface area contributed by atoms with Crippen molar-refractivity contribution in [2.45, 2.75) is 39.2 Å². The van der Waals surface area contributed by atoms with Crippen molar-refractivity contribution < 1.29 is 91.0 Å². The predicted octanol–water partition coefficient (Wildman–Crippen LogP) is -5.45. The summed E-state index contributed by atoms with van der Waals surface area (Å²) in [5.41, 5.74) is -0.945. The summed E-state index contributed by atoms with van der Waals surface area (Å²) in [7, 11) is 0. The molecular weight excluding hydrogens is 414 g/mol. The Morgan fingerprint density at radius 3 is 2.26 bits per heavy atom. The predicted molar refractivity (Wildman–Crippen MR) is 87.5 cm³/mol. The molecule has 7 nitrogen and oxygen atoms in total. The van der Waals surface area contributed by atoms with Crippen molar-refractivity contribution in [1.82, 2.24) is 0 Å². The van der Waals surface area contributed by atoms with Crippen LogP contribution in [0.3, 0.4) is 0 Å². The van der Waals surface area contributed by atoms with Crippen molar-refractivity contribution in [1.29, 1.82) is 0 Å². The van der Waals surface area contributed by atoms with Crippen molar-refractivity contribution in [3.63, 3.8) is 0 Å². The number of hydrogen-bond acceptors (Lipinski definition) is 7. The third kappa shape index (κ3) is 4.83. The summed E-state index contributed by atoms with van der Waals surface area (Å²) < 4.78 is 50.3.